The largest absolute Gasteiger partial charge is 0.508 e. The third-order valence-corrected chi connectivity index (χ3v) is 6.25. The number of phenolic OH excluding ortho intramolecular Hbond substituents is 1. The van der Waals surface area contributed by atoms with Gasteiger partial charge in [0.1, 0.15) is 5.75 Å². The van der Waals surface area contributed by atoms with Gasteiger partial charge in [0.05, 0.1) is 5.56 Å². The average Bonchev–Trinajstić information content (AvgIpc) is 3.27. The molecule has 4 aromatic carbocycles. The molecule has 158 valence electrons. The Hall–Kier alpha value is -3.85. The summed E-state index contributed by atoms with van der Waals surface area (Å²) in [4.78, 5) is 16.0. The van der Waals surface area contributed by atoms with Crippen molar-refractivity contribution in [1.29, 1.82) is 0 Å². The fraction of sp³-hybridized carbons (Fsp3) is 0.138. The van der Waals surface area contributed by atoms with Gasteiger partial charge in [-0.05, 0) is 58.9 Å². The molecule has 0 fully saturated rings. The Balaban J connectivity index is 1.55. The van der Waals surface area contributed by atoms with Crippen LogP contribution in [0.4, 0.5) is 0 Å². The molecule has 1 aliphatic carbocycles. The average molecular weight is 420 g/mol. The van der Waals surface area contributed by atoms with Crippen molar-refractivity contribution in [2.45, 2.75) is 25.4 Å². The molecule has 0 saturated carbocycles. The van der Waals surface area contributed by atoms with Crippen LogP contribution in [0, 0.1) is 0 Å². The van der Waals surface area contributed by atoms with Gasteiger partial charge >= 0.3 is 0 Å². The minimum atomic E-state index is -0.0542. The van der Waals surface area contributed by atoms with Gasteiger partial charge in [0.2, 0.25) is 0 Å². The van der Waals surface area contributed by atoms with Gasteiger partial charge in [-0.1, -0.05) is 84.9 Å². The summed E-state index contributed by atoms with van der Waals surface area (Å²) in [6.07, 6.45) is 1.68. The molecule has 4 aromatic rings. The van der Waals surface area contributed by atoms with E-state index in [-0.39, 0.29) is 17.7 Å². The van der Waals surface area contributed by atoms with Gasteiger partial charge in [0.25, 0.3) is 5.91 Å². The van der Waals surface area contributed by atoms with Crippen LogP contribution >= 0.6 is 0 Å². The maximum Gasteiger partial charge on any atom is 0.255 e. The highest BCUT2D eigenvalue weighted by Crippen LogP contribution is 2.32. The summed E-state index contributed by atoms with van der Waals surface area (Å²) in [6, 6.07) is 33.6. The van der Waals surface area contributed by atoms with Crippen LogP contribution in [0.25, 0.3) is 11.1 Å². The highest BCUT2D eigenvalue weighted by molar-refractivity contribution is 6.01. The number of rotatable bonds is 5. The van der Waals surface area contributed by atoms with Crippen LogP contribution in [0.3, 0.4) is 0 Å². The number of fused-ring (bicyclic) bond motifs is 1. The molecule has 0 heterocycles. The van der Waals surface area contributed by atoms with E-state index in [9.17, 15) is 9.90 Å². The lowest BCUT2D eigenvalue weighted by Crippen LogP contribution is -2.40. The summed E-state index contributed by atoms with van der Waals surface area (Å²) >= 11 is 0. The summed E-state index contributed by atoms with van der Waals surface area (Å²) < 4.78 is 0. The second-order valence-electron chi connectivity index (χ2n) is 8.35. The minimum Gasteiger partial charge on any atom is -0.508 e. The molecular formula is C29H25NO2. The van der Waals surface area contributed by atoms with Crippen LogP contribution in [0.2, 0.25) is 0 Å². The molecule has 0 atom stereocenters. The quantitative estimate of drug-likeness (QED) is 0.440. The monoisotopic (exact) mass is 419 g/mol. The highest BCUT2D eigenvalue weighted by Gasteiger charge is 2.31. The van der Waals surface area contributed by atoms with E-state index in [4.69, 9.17) is 0 Å². The van der Waals surface area contributed by atoms with Crippen LogP contribution in [0.5, 0.6) is 5.75 Å². The van der Waals surface area contributed by atoms with E-state index in [2.05, 4.69) is 36.4 Å². The van der Waals surface area contributed by atoms with Gasteiger partial charge in [0, 0.05) is 12.6 Å². The van der Waals surface area contributed by atoms with Crippen LogP contribution in [0.1, 0.15) is 27.0 Å². The maximum atomic E-state index is 14.0. The molecule has 0 radical (unpaired) electrons. The van der Waals surface area contributed by atoms with Crippen molar-refractivity contribution in [2.24, 2.45) is 0 Å². The Bertz CT molecular complexity index is 1210. The first-order chi connectivity index (χ1) is 15.7. The zero-order valence-electron chi connectivity index (χ0n) is 17.8. The first-order valence-electron chi connectivity index (χ1n) is 11.0. The molecule has 0 saturated heterocycles. The van der Waals surface area contributed by atoms with Crippen molar-refractivity contribution >= 4 is 5.91 Å². The van der Waals surface area contributed by atoms with Crippen LogP contribution < -0.4 is 0 Å². The van der Waals surface area contributed by atoms with Gasteiger partial charge in [-0.25, -0.2) is 0 Å². The second-order valence-corrected chi connectivity index (χ2v) is 8.35. The van der Waals surface area contributed by atoms with Gasteiger partial charge in [-0.3, -0.25) is 4.79 Å². The summed E-state index contributed by atoms with van der Waals surface area (Å²) in [6.45, 7) is 0.530. The normalized spacial score (nSPS) is 13.0. The number of hydrogen-bond acceptors (Lipinski definition) is 2. The first-order valence-corrected chi connectivity index (χ1v) is 11.0. The fourth-order valence-electron chi connectivity index (χ4n) is 4.64. The number of aromatic hydroxyl groups is 1. The summed E-state index contributed by atoms with van der Waals surface area (Å²) in [7, 11) is 0. The van der Waals surface area contributed by atoms with Crippen molar-refractivity contribution in [3.8, 4) is 16.9 Å². The van der Waals surface area contributed by atoms with Gasteiger partial charge in [-0.2, -0.15) is 0 Å². The Morgan fingerprint density at radius 2 is 1.38 bits per heavy atom. The molecule has 32 heavy (non-hydrogen) atoms. The Kier molecular flexibility index (Phi) is 5.47. The molecule has 0 aromatic heterocycles. The molecule has 0 unspecified atom stereocenters. The number of nitrogens with zero attached hydrogens (tertiary/aromatic N) is 1. The molecule has 1 aliphatic rings. The fourth-order valence-corrected chi connectivity index (χ4v) is 4.64. The number of amides is 1. The zero-order valence-corrected chi connectivity index (χ0v) is 17.8. The van der Waals surface area contributed by atoms with E-state index in [1.807, 2.05) is 59.5 Å². The molecule has 3 heteroatoms. The van der Waals surface area contributed by atoms with Crippen LogP contribution in [0.15, 0.2) is 103 Å². The molecule has 0 bridgehead atoms. The molecule has 5 rings (SSSR count). The van der Waals surface area contributed by atoms with Crippen molar-refractivity contribution in [3.63, 3.8) is 0 Å². The number of hydrogen-bond donors (Lipinski definition) is 1. The van der Waals surface area contributed by atoms with Crippen LogP contribution in [-0.4, -0.2) is 22.0 Å². The second kappa shape index (κ2) is 8.72. The topological polar surface area (TPSA) is 40.5 Å². The SMILES string of the molecule is O=C(c1cc(O)ccc1-c1ccccc1)N(Cc1ccccc1)C1Cc2ccccc2C1. The van der Waals surface area contributed by atoms with E-state index < -0.39 is 0 Å². The van der Waals surface area contributed by atoms with E-state index >= 15 is 0 Å². The maximum absolute atomic E-state index is 14.0. The first kappa shape index (κ1) is 20.1. The molecule has 3 nitrogen and oxygen atoms in total. The Morgan fingerprint density at radius 1 is 0.781 bits per heavy atom. The zero-order chi connectivity index (χ0) is 21.9. The standard InChI is InChI=1S/C29H25NO2/c31-26-15-16-27(22-11-5-2-6-12-22)28(19-26)29(32)30(20-21-9-3-1-4-10-21)25-17-23-13-7-8-14-24(23)18-25/h1-16,19,25,31H,17-18,20H2. The van der Waals surface area contributed by atoms with Gasteiger partial charge in [0.15, 0.2) is 0 Å². The lowest BCUT2D eigenvalue weighted by atomic mass is 9.97. The molecule has 0 aliphatic heterocycles. The Labute approximate surface area is 188 Å². The molecule has 0 spiro atoms. The van der Waals surface area contributed by atoms with Gasteiger partial charge in [-0.15, -0.1) is 0 Å². The summed E-state index contributed by atoms with van der Waals surface area (Å²) in [5.74, 6) is 0.0452. The lowest BCUT2D eigenvalue weighted by molar-refractivity contribution is 0.0668. The van der Waals surface area contributed by atoms with Crippen LogP contribution in [-0.2, 0) is 19.4 Å². The number of phenols is 1. The lowest BCUT2D eigenvalue weighted by Gasteiger charge is -2.30. The van der Waals surface area contributed by atoms with E-state index in [0.29, 0.717) is 12.1 Å². The number of carbonyl (C=O) groups excluding carboxylic acids is 1. The van der Waals surface area contributed by atoms with Crippen molar-refractivity contribution < 1.29 is 9.90 Å². The molecule has 1 N–H and O–H groups in total. The third-order valence-electron chi connectivity index (χ3n) is 6.25. The van der Waals surface area contributed by atoms with Gasteiger partial charge < -0.3 is 10.0 Å². The van der Waals surface area contributed by atoms with E-state index in [1.54, 1.807) is 12.1 Å². The van der Waals surface area contributed by atoms with Crippen molar-refractivity contribution in [3.05, 3.63) is 125 Å². The highest BCUT2D eigenvalue weighted by atomic mass is 16.3. The minimum absolute atomic E-state index is 0.0542. The number of carbonyl (C=O) groups is 1. The van der Waals surface area contributed by atoms with E-state index in [1.165, 1.54) is 11.1 Å². The molecule has 1 amide bonds. The smallest absolute Gasteiger partial charge is 0.255 e. The van der Waals surface area contributed by atoms with E-state index in [0.717, 1.165) is 29.5 Å². The summed E-state index contributed by atoms with van der Waals surface area (Å²) in [5.41, 5.74) is 6.04. The third kappa shape index (κ3) is 4.02. The number of benzene rings is 4. The molecular weight excluding hydrogens is 394 g/mol. The Morgan fingerprint density at radius 3 is 2.03 bits per heavy atom. The van der Waals surface area contributed by atoms with Crippen molar-refractivity contribution in [1.82, 2.24) is 4.90 Å². The predicted octanol–water partition coefficient (Wildman–Crippen LogP) is 5.87. The summed E-state index contributed by atoms with van der Waals surface area (Å²) in [5, 5.41) is 10.2. The van der Waals surface area contributed by atoms with Crippen molar-refractivity contribution in [2.75, 3.05) is 0 Å². The predicted molar refractivity (Wildman–Crippen MR) is 127 cm³/mol.